The van der Waals surface area contributed by atoms with Crippen molar-refractivity contribution in [3.05, 3.63) is 5.57 Å². The van der Waals surface area contributed by atoms with Crippen LogP contribution in [0.25, 0.3) is 0 Å². The van der Waals surface area contributed by atoms with Crippen molar-refractivity contribution in [3.8, 4) is 6.07 Å². The quantitative estimate of drug-likeness (QED) is 0.0638. The maximum atomic E-state index is 11.5. The number of carbonyl (C=O) groups excluding carboxylic acids is 1. The molecule has 5 nitrogen and oxygen atoms in total. The van der Waals surface area contributed by atoms with Gasteiger partial charge in [0.05, 0.1) is 20.6 Å². The molecule has 0 saturated carbocycles. The molecule has 0 aliphatic heterocycles. The van der Waals surface area contributed by atoms with Gasteiger partial charge in [0.15, 0.2) is 5.57 Å². The van der Waals surface area contributed by atoms with Crippen molar-refractivity contribution in [1.82, 2.24) is 0 Å². The Morgan fingerprint density at radius 1 is 0.800 bits per heavy atom. The number of likely N-dealkylation sites (N-methyl/N-ethyl adjacent to an activating group) is 1. The number of nitriles is 1. The highest BCUT2D eigenvalue weighted by Crippen LogP contribution is 2.14. The molecule has 0 aromatic carbocycles. The molecule has 0 fully saturated rings. The molecule has 0 aromatic rings. The van der Waals surface area contributed by atoms with Gasteiger partial charge in [0.25, 0.3) is 0 Å². The summed E-state index contributed by atoms with van der Waals surface area (Å²) in [5.74, 6) is 1.06. The zero-order valence-electron chi connectivity index (χ0n) is 19.9. The third-order valence-electron chi connectivity index (χ3n) is 5.74. The van der Waals surface area contributed by atoms with Crippen LogP contribution in [0.2, 0.25) is 0 Å². The van der Waals surface area contributed by atoms with Crippen LogP contribution in [0.1, 0.15) is 103 Å². The van der Waals surface area contributed by atoms with E-state index in [1.807, 2.05) is 5.87 Å². The number of esters is 1. The van der Waals surface area contributed by atoms with E-state index in [0.29, 0.717) is 6.54 Å². The molecule has 0 saturated heterocycles. The molecule has 0 aliphatic carbocycles. The number of hydrogen-bond donors (Lipinski definition) is 1. The van der Waals surface area contributed by atoms with Gasteiger partial charge >= 0.3 is 5.97 Å². The van der Waals surface area contributed by atoms with Crippen molar-refractivity contribution in [2.75, 3.05) is 33.8 Å². The molecule has 0 unspecified atom stereocenters. The Labute approximate surface area is 185 Å². The number of ether oxygens (including phenoxy) is 1. The Morgan fingerprint density at radius 2 is 1.23 bits per heavy atom. The number of unbranched alkanes of at least 4 members (excludes halogenated alkanes) is 14. The summed E-state index contributed by atoms with van der Waals surface area (Å²) in [5.41, 5.74) is -0.372. The third kappa shape index (κ3) is 17.2. The van der Waals surface area contributed by atoms with E-state index in [2.05, 4.69) is 21.0 Å². The SMILES string of the molecule is CCCCCCCCCCCCCCCCC[N+](C)(C)CCOC(=O)C(=C=N)C#N. The van der Waals surface area contributed by atoms with Crippen molar-refractivity contribution in [1.29, 1.82) is 10.7 Å². The monoisotopic (exact) mass is 420 g/mol. The molecular formula is C25H46N3O2+. The summed E-state index contributed by atoms with van der Waals surface area (Å²) < 4.78 is 5.85. The first-order valence-corrected chi connectivity index (χ1v) is 12.2. The molecule has 0 rings (SSSR count). The average molecular weight is 421 g/mol. The highest BCUT2D eigenvalue weighted by molar-refractivity contribution is 6.01. The predicted molar refractivity (Wildman–Crippen MR) is 125 cm³/mol. The van der Waals surface area contributed by atoms with Gasteiger partial charge < -0.3 is 9.22 Å². The fourth-order valence-corrected chi connectivity index (χ4v) is 3.61. The van der Waals surface area contributed by atoms with E-state index in [1.54, 1.807) is 6.07 Å². The molecule has 0 heterocycles. The standard InChI is InChI=1S/C25H46N3O2/c1-4-5-6-7-8-9-10-11-12-13-14-15-16-17-18-19-28(2,3)20-21-30-25(29)24(22-26)23-27/h26H,4-21H2,1-3H3/q+1. The fourth-order valence-electron chi connectivity index (χ4n) is 3.61. The van der Waals surface area contributed by atoms with Crippen LogP contribution in [0.5, 0.6) is 0 Å². The largest absolute Gasteiger partial charge is 0.455 e. The van der Waals surface area contributed by atoms with Crippen molar-refractivity contribution in [2.45, 2.75) is 103 Å². The van der Waals surface area contributed by atoms with Gasteiger partial charge in [0, 0.05) is 5.87 Å². The summed E-state index contributed by atoms with van der Waals surface area (Å²) in [4.78, 5) is 11.5. The van der Waals surface area contributed by atoms with Crippen LogP contribution in [0.4, 0.5) is 0 Å². The second-order valence-electron chi connectivity index (χ2n) is 9.08. The van der Waals surface area contributed by atoms with Crippen molar-refractivity contribution in [2.24, 2.45) is 0 Å². The van der Waals surface area contributed by atoms with E-state index in [9.17, 15) is 4.79 Å². The average Bonchev–Trinajstić information content (AvgIpc) is 2.71. The summed E-state index contributed by atoms with van der Waals surface area (Å²) in [6.07, 6.45) is 20.5. The molecule has 0 amide bonds. The van der Waals surface area contributed by atoms with Gasteiger partial charge in [-0.1, -0.05) is 90.4 Å². The Balaban J connectivity index is 3.49. The van der Waals surface area contributed by atoms with E-state index in [0.717, 1.165) is 11.0 Å². The zero-order valence-corrected chi connectivity index (χ0v) is 19.9. The number of quaternary nitrogens is 1. The van der Waals surface area contributed by atoms with E-state index < -0.39 is 5.97 Å². The minimum Gasteiger partial charge on any atom is -0.455 e. The number of rotatable bonds is 20. The van der Waals surface area contributed by atoms with Gasteiger partial charge in [-0.15, -0.1) is 0 Å². The Kier molecular flexibility index (Phi) is 18.3. The van der Waals surface area contributed by atoms with Crippen LogP contribution in [-0.4, -0.2) is 50.1 Å². The summed E-state index contributed by atoms with van der Waals surface area (Å²) >= 11 is 0. The maximum absolute atomic E-state index is 11.5. The molecule has 172 valence electrons. The van der Waals surface area contributed by atoms with E-state index in [4.69, 9.17) is 15.4 Å². The normalized spacial score (nSPS) is 11.0. The van der Waals surface area contributed by atoms with E-state index >= 15 is 0 Å². The van der Waals surface area contributed by atoms with Crippen LogP contribution in [0.3, 0.4) is 0 Å². The first-order chi connectivity index (χ1) is 14.5. The maximum Gasteiger partial charge on any atom is 0.358 e. The molecule has 0 aliphatic rings. The second kappa shape index (κ2) is 19.3. The lowest BCUT2D eigenvalue weighted by atomic mass is 10.0. The van der Waals surface area contributed by atoms with Crippen molar-refractivity contribution in [3.63, 3.8) is 0 Å². The van der Waals surface area contributed by atoms with Gasteiger partial charge in [-0.2, -0.15) is 5.26 Å². The predicted octanol–water partition coefficient (Wildman–Crippen LogP) is 6.18. The first-order valence-electron chi connectivity index (χ1n) is 12.2. The fraction of sp³-hybridized carbons (Fsp3) is 0.840. The van der Waals surface area contributed by atoms with Gasteiger partial charge in [-0.25, -0.2) is 4.79 Å². The molecule has 1 N–H and O–H groups in total. The van der Waals surface area contributed by atoms with Gasteiger partial charge in [0.2, 0.25) is 0 Å². The van der Waals surface area contributed by atoms with E-state index in [1.165, 1.54) is 96.3 Å². The highest BCUT2D eigenvalue weighted by Gasteiger charge is 2.17. The number of carbonyl (C=O) groups is 1. The summed E-state index contributed by atoms with van der Waals surface area (Å²) in [5, 5.41) is 15.6. The van der Waals surface area contributed by atoms with Crippen molar-refractivity contribution < 1.29 is 14.0 Å². The molecule has 5 heteroatoms. The second-order valence-corrected chi connectivity index (χ2v) is 9.08. The summed E-state index contributed by atoms with van der Waals surface area (Å²) in [6.45, 7) is 4.30. The molecule has 0 atom stereocenters. The summed E-state index contributed by atoms with van der Waals surface area (Å²) in [7, 11) is 4.27. The van der Waals surface area contributed by atoms with Gasteiger partial charge in [-0.05, 0) is 12.8 Å². The molecule has 30 heavy (non-hydrogen) atoms. The van der Waals surface area contributed by atoms with Crippen LogP contribution >= 0.6 is 0 Å². The lowest BCUT2D eigenvalue weighted by Gasteiger charge is -2.29. The van der Waals surface area contributed by atoms with Gasteiger partial charge in [0.1, 0.15) is 19.2 Å². The molecular weight excluding hydrogens is 374 g/mol. The highest BCUT2D eigenvalue weighted by atomic mass is 16.5. The lowest BCUT2D eigenvalue weighted by molar-refractivity contribution is -0.890. The van der Waals surface area contributed by atoms with Crippen LogP contribution in [0, 0.1) is 16.7 Å². The summed E-state index contributed by atoms with van der Waals surface area (Å²) in [6, 6.07) is 1.62. The van der Waals surface area contributed by atoms with Gasteiger partial charge in [-0.3, -0.25) is 5.41 Å². The zero-order chi connectivity index (χ0) is 22.5. The number of nitrogens with zero attached hydrogens (tertiary/aromatic N) is 2. The Morgan fingerprint density at radius 3 is 1.63 bits per heavy atom. The third-order valence-corrected chi connectivity index (χ3v) is 5.74. The lowest BCUT2D eigenvalue weighted by Crippen LogP contribution is -2.43. The van der Waals surface area contributed by atoms with Crippen LogP contribution in [-0.2, 0) is 9.53 Å². The smallest absolute Gasteiger partial charge is 0.358 e. The Bertz CT molecular complexity index is 531. The van der Waals surface area contributed by atoms with E-state index in [-0.39, 0.29) is 12.2 Å². The first kappa shape index (κ1) is 28.4. The number of nitrogens with one attached hydrogen (secondary N) is 1. The van der Waals surface area contributed by atoms with Crippen LogP contribution in [0.15, 0.2) is 5.57 Å². The number of hydrogen-bond acceptors (Lipinski definition) is 4. The minimum absolute atomic E-state index is 0.261. The van der Waals surface area contributed by atoms with Crippen molar-refractivity contribution >= 4 is 11.8 Å². The Hall–Kier alpha value is -1.63. The molecule has 0 bridgehead atoms. The molecule has 0 aromatic heterocycles. The van der Waals surface area contributed by atoms with Crippen LogP contribution < -0.4 is 0 Å². The molecule has 0 spiro atoms. The molecule has 0 radical (unpaired) electrons. The topological polar surface area (TPSA) is 73.9 Å². The minimum atomic E-state index is -0.750.